The highest BCUT2D eigenvalue weighted by Crippen LogP contribution is 2.21. The number of likely N-dealkylation sites (N-methyl/N-ethyl adjacent to an activating group) is 1. The van der Waals surface area contributed by atoms with Crippen molar-refractivity contribution in [2.45, 2.75) is 38.7 Å². The lowest BCUT2D eigenvalue weighted by Crippen LogP contribution is -2.39. The maximum absolute atomic E-state index is 12.0. The molecule has 0 aromatic heterocycles. The van der Waals surface area contributed by atoms with Crippen molar-refractivity contribution in [1.29, 1.82) is 0 Å². The van der Waals surface area contributed by atoms with E-state index in [2.05, 4.69) is 6.92 Å². The Kier molecular flexibility index (Phi) is 5.77. The van der Waals surface area contributed by atoms with Gasteiger partial charge in [0.2, 0.25) is 0 Å². The largest absolute Gasteiger partial charge is 0.368 e. The molecule has 0 bridgehead atoms. The lowest BCUT2D eigenvalue weighted by atomic mass is 10.0. The van der Waals surface area contributed by atoms with E-state index >= 15 is 0 Å². The fraction of sp³-hybridized carbons (Fsp3) is 0.917. The minimum absolute atomic E-state index is 0.137. The highest BCUT2D eigenvalue weighted by atomic mass is 16.5. The maximum atomic E-state index is 12.0. The monoisotopic (exact) mass is 228 g/mol. The predicted octanol–water partition coefficient (Wildman–Crippen LogP) is 0.999. The fourth-order valence-corrected chi connectivity index (χ4v) is 2.01. The SMILES string of the molecule is CC1CCOC1C(=O)N(C)CCCCCN. The average Bonchev–Trinajstić information content (AvgIpc) is 2.69. The van der Waals surface area contributed by atoms with E-state index in [0.717, 1.165) is 45.4 Å². The summed E-state index contributed by atoms with van der Waals surface area (Å²) in [7, 11) is 1.86. The van der Waals surface area contributed by atoms with Gasteiger partial charge in [-0.15, -0.1) is 0 Å². The van der Waals surface area contributed by atoms with Crippen molar-refractivity contribution in [3.63, 3.8) is 0 Å². The van der Waals surface area contributed by atoms with Crippen LogP contribution in [0.4, 0.5) is 0 Å². The molecule has 2 atom stereocenters. The lowest BCUT2D eigenvalue weighted by molar-refractivity contribution is -0.141. The van der Waals surface area contributed by atoms with E-state index in [1.807, 2.05) is 7.05 Å². The Morgan fingerprint density at radius 3 is 2.75 bits per heavy atom. The molecule has 1 aliphatic rings. The van der Waals surface area contributed by atoms with Crippen LogP contribution in [0, 0.1) is 5.92 Å². The van der Waals surface area contributed by atoms with E-state index in [4.69, 9.17) is 10.5 Å². The molecule has 1 fully saturated rings. The van der Waals surface area contributed by atoms with Gasteiger partial charge in [0, 0.05) is 20.2 Å². The van der Waals surface area contributed by atoms with Gasteiger partial charge in [0.15, 0.2) is 0 Å². The zero-order valence-corrected chi connectivity index (χ0v) is 10.4. The third-order valence-electron chi connectivity index (χ3n) is 3.20. The average molecular weight is 228 g/mol. The second kappa shape index (κ2) is 6.86. The second-order valence-electron chi connectivity index (χ2n) is 4.67. The Balaban J connectivity index is 2.24. The standard InChI is InChI=1S/C12H24N2O2/c1-10-6-9-16-11(10)12(15)14(2)8-5-3-4-7-13/h10-11H,3-9,13H2,1-2H3. The number of unbranched alkanes of at least 4 members (excludes halogenated alkanes) is 2. The smallest absolute Gasteiger partial charge is 0.251 e. The van der Waals surface area contributed by atoms with Crippen LogP contribution in [0.1, 0.15) is 32.6 Å². The van der Waals surface area contributed by atoms with Crippen LogP contribution < -0.4 is 5.73 Å². The molecule has 1 heterocycles. The van der Waals surface area contributed by atoms with Crippen LogP contribution in [0.3, 0.4) is 0 Å². The molecule has 94 valence electrons. The summed E-state index contributed by atoms with van der Waals surface area (Å²) in [5, 5.41) is 0. The molecule has 1 saturated heterocycles. The summed E-state index contributed by atoms with van der Waals surface area (Å²) < 4.78 is 5.46. The first kappa shape index (κ1) is 13.5. The normalized spacial score (nSPS) is 24.7. The summed E-state index contributed by atoms with van der Waals surface area (Å²) in [6, 6.07) is 0. The molecule has 0 aromatic rings. The number of amides is 1. The molecule has 0 saturated carbocycles. The van der Waals surface area contributed by atoms with Crippen molar-refractivity contribution in [1.82, 2.24) is 4.90 Å². The highest BCUT2D eigenvalue weighted by Gasteiger charge is 2.32. The van der Waals surface area contributed by atoms with Gasteiger partial charge < -0.3 is 15.4 Å². The van der Waals surface area contributed by atoms with Gasteiger partial charge in [-0.2, -0.15) is 0 Å². The zero-order chi connectivity index (χ0) is 12.0. The van der Waals surface area contributed by atoms with Crippen LogP contribution in [-0.2, 0) is 9.53 Å². The zero-order valence-electron chi connectivity index (χ0n) is 10.4. The van der Waals surface area contributed by atoms with E-state index in [1.54, 1.807) is 4.90 Å². The molecular formula is C12H24N2O2. The predicted molar refractivity (Wildman–Crippen MR) is 64.1 cm³/mol. The summed E-state index contributed by atoms with van der Waals surface area (Å²) in [6.07, 6.45) is 3.95. The summed E-state index contributed by atoms with van der Waals surface area (Å²) in [5.74, 6) is 0.497. The van der Waals surface area contributed by atoms with Crippen LogP contribution >= 0.6 is 0 Å². The molecule has 0 aliphatic carbocycles. The number of ether oxygens (including phenoxy) is 1. The van der Waals surface area contributed by atoms with E-state index in [9.17, 15) is 4.79 Å². The Bertz CT molecular complexity index is 221. The molecule has 0 spiro atoms. The van der Waals surface area contributed by atoms with Gasteiger partial charge in [0.25, 0.3) is 5.91 Å². The molecule has 1 rings (SSSR count). The first-order valence-corrected chi connectivity index (χ1v) is 6.23. The number of hydrogen-bond acceptors (Lipinski definition) is 3. The van der Waals surface area contributed by atoms with Crippen LogP contribution in [0.5, 0.6) is 0 Å². The summed E-state index contributed by atoms with van der Waals surface area (Å²) in [6.45, 7) is 4.35. The number of carbonyl (C=O) groups excluding carboxylic acids is 1. The molecule has 1 aliphatic heterocycles. The molecule has 4 nitrogen and oxygen atoms in total. The quantitative estimate of drug-likeness (QED) is 0.690. The number of carbonyl (C=O) groups is 1. The van der Waals surface area contributed by atoms with E-state index in [-0.39, 0.29) is 12.0 Å². The van der Waals surface area contributed by atoms with Gasteiger partial charge >= 0.3 is 0 Å². The Labute approximate surface area is 98.1 Å². The van der Waals surface area contributed by atoms with Crippen molar-refractivity contribution in [3.05, 3.63) is 0 Å². The Morgan fingerprint density at radius 1 is 1.44 bits per heavy atom. The molecule has 4 heteroatoms. The van der Waals surface area contributed by atoms with Crippen LogP contribution in [0.2, 0.25) is 0 Å². The third kappa shape index (κ3) is 3.76. The molecule has 0 radical (unpaired) electrons. The van der Waals surface area contributed by atoms with Gasteiger partial charge in [-0.1, -0.05) is 13.3 Å². The fourth-order valence-electron chi connectivity index (χ4n) is 2.01. The third-order valence-corrected chi connectivity index (χ3v) is 3.20. The number of nitrogens with two attached hydrogens (primary N) is 1. The van der Waals surface area contributed by atoms with Crippen molar-refractivity contribution in [3.8, 4) is 0 Å². The second-order valence-corrected chi connectivity index (χ2v) is 4.67. The van der Waals surface area contributed by atoms with Crippen molar-refractivity contribution in [2.75, 3.05) is 26.7 Å². The highest BCUT2D eigenvalue weighted by molar-refractivity contribution is 5.81. The Hall–Kier alpha value is -0.610. The molecule has 16 heavy (non-hydrogen) atoms. The maximum Gasteiger partial charge on any atom is 0.251 e. The van der Waals surface area contributed by atoms with E-state index < -0.39 is 0 Å². The summed E-state index contributed by atoms with van der Waals surface area (Å²) in [4.78, 5) is 13.8. The van der Waals surface area contributed by atoms with Gasteiger partial charge in [-0.05, 0) is 31.7 Å². The van der Waals surface area contributed by atoms with Crippen LogP contribution in [-0.4, -0.2) is 43.7 Å². The van der Waals surface area contributed by atoms with Crippen molar-refractivity contribution >= 4 is 5.91 Å². The number of hydrogen-bond donors (Lipinski definition) is 1. The number of nitrogens with zero attached hydrogens (tertiary/aromatic N) is 1. The van der Waals surface area contributed by atoms with E-state index in [1.165, 1.54) is 0 Å². The minimum Gasteiger partial charge on any atom is -0.368 e. The van der Waals surface area contributed by atoms with Gasteiger partial charge in [0.1, 0.15) is 6.10 Å². The van der Waals surface area contributed by atoms with Crippen LogP contribution in [0.15, 0.2) is 0 Å². The molecule has 2 unspecified atom stereocenters. The number of rotatable bonds is 6. The van der Waals surface area contributed by atoms with Gasteiger partial charge in [-0.25, -0.2) is 0 Å². The van der Waals surface area contributed by atoms with Crippen LogP contribution in [0.25, 0.3) is 0 Å². The minimum atomic E-state index is -0.209. The van der Waals surface area contributed by atoms with Crippen molar-refractivity contribution in [2.24, 2.45) is 11.7 Å². The molecule has 0 aromatic carbocycles. The summed E-state index contributed by atoms with van der Waals surface area (Å²) in [5.41, 5.74) is 5.42. The van der Waals surface area contributed by atoms with Crippen molar-refractivity contribution < 1.29 is 9.53 Å². The van der Waals surface area contributed by atoms with Gasteiger partial charge in [-0.3, -0.25) is 4.79 Å². The molecular weight excluding hydrogens is 204 g/mol. The lowest BCUT2D eigenvalue weighted by Gasteiger charge is -2.22. The molecule has 2 N–H and O–H groups in total. The topological polar surface area (TPSA) is 55.6 Å². The first-order chi connectivity index (χ1) is 7.66. The Morgan fingerprint density at radius 2 is 2.19 bits per heavy atom. The molecule has 1 amide bonds. The van der Waals surface area contributed by atoms with Gasteiger partial charge in [0.05, 0.1) is 0 Å². The van der Waals surface area contributed by atoms with E-state index in [0.29, 0.717) is 5.92 Å². The first-order valence-electron chi connectivity index (χ1n) is 6.23. The summed E-state index contributed by atoms with van der Waals surface area (Å²) >= 11 is 0.